The molecule has 0 heterocycles. The smallest absolute Gasteiger partial charge is 0.328 e. The molecule has 0 radical (unpaired) electrons. The molecule has 0 aromatic carbocycles. The van der Waals surface area contributed by atoms with Crippen molar-refractivity contribution >= 4 is 23.8 Å². The number of nitrogens with one attached hydrogen (secondary N) is 2. The van der Waals surface area contributed by atoms with E-state index in [-0.39, 0.29) is 30.9 Å². The largest absolute Gasteiger partial charge is 0.480 e. The van der Waals surface area contributed by atoms with Crippen molar-refractivity contribution in [1.82, 2.24) is 10.6 Å². The lowest BCUT2D eigenvalue weighted by Gasteiger charge is -2.15. The van der Waals surface area contributed by atoms with Gasteiger partial charge in [-0.3, -0.25) is 14.4 Å². The maximum Gasteiger partial charge on any atom is 0.328 e. The van der Waals surface area contributed by atoms with Gasteiger partial charge in [-0.05, 0) is 57.4 Å². The van der Waals surface area contributed by atoms with Gasteiger partial charge in [0.2, 0.25) is 11.8 Å². The average Bonchev–Trinajstić information content (AvgIpc) is 3.05. The highest BCUT2D eigenvalue weighted by molar-refractivity contribution is 5.87. The van der Waals surface area contributed by atoms with E-state index in [0.29, 0.717) is 12.8 Å². The van der Waals surface area contributed by atoms with E-state index >= 15 is 0 Å². The fourth-order valence-electron chi connectivity index (χ4n) is 4.80. The molecule has 4 N–H and O–H groups in total. The Morgan fingerprint density at radius 2 is 1.19 bits per heavy atom. The average molecular weight is 661 g/mol. The summed E-state index contributed by atoms with van der Waals surface area (Å²) in [5, 5.41) is 22.4. The summed E-state index contributed by atoms with van der Waals surface area (Å²) in [7, 11) is 0. The summed E-state index contributed by atoms with van der Waals surface area (Å²) in [5.74, 6) is -2.41. The second-order valence-corrected chi connectivity index (χ2v) is 11.9. The summed E-state index contributed by atoms with van der Waals surface area (Å²) in [4.78, 5) is 47.2. The number of carbonyl (C=O) groups excluding carboxylic acids is 3. The number of aliphatic hydroxyl groups excluding tert-OH is 1. The molecule has 2 unspecified atom stereocenters. The molecule has 0 aliphatic heterocycles. The van der Waals surface area contributed by atoms with Crippen LogP contribution in [-0.4, -0.2) is 59.3 Å². The Labute approximate surface area is 284 Å². The molecule has 47 heavy (non-hydrogen) atoms. The van der Waals surface area contributed by atoms with Gasteiger partial charge in [-0.2, -0.15) is 0 Å². The highest BCUT2D eigenvalue weighted by Crippen LogP contribution is 2.15. The van der Waals surface area contributed by atoms with Crippen LogP contribution in [-0.2, 0) is 23.9 Å². The van der Waals surface area contributed by atoms with E-state index in [1.165, 1.54) is 38.5 Å². The van der Waals surface area contributed by atoms with Crippen LogP contribution in [0.1, 0.15) is 142 Å². The van der Waals surface area contributed by atoms with Crippen molar-refractivity contribution in [3.8, 4) is 0 Å². The summed E-state index contributed by atoms with van der Waals surface area (Å²) >= 11 is 0. The molecule has 0 aliphatic carbocycles. The maximum atomic E-state index is 12.6. The zero-order valence-electron chi connectivity index (χ0n) is 29.3. The summed E-state index contributed by atoms with van der Waals surface area (Å²) in [6.45, 7) is 3.30. The van der Waals surface area contributed by atoms with Gasteiger partial charge in [-0.1, -0.05) is 121 Å². The lowest BCUT2D eigenvalue weighted by Crippen LogP contribution is -2.47. The van der Waals surface area contributed by atoms with Crippen LogP contribution in [0.4, 0.5) is 0 Å². The minimum Gasteiger partial charge on any atom is -0.480 e. The first-order valence-electron chi connectivity index (χ1n) is 18.0. The Bertz CT molecular complexity index is 942. The maximum absolute atomic E-state index is 12.6. The van der Waals surface area contributed by atoms with E-state index in [9.17, 15) is 19.2 Å². The molecule has 2 atom stereocenters. The first-order valence-corrected chi connectivity index (χ1v) is 18.0. The Balaban J connectivity index is 4.45. The van der Waals surface area contributed by atoms with Crippen molar-refractivity contribution in [3.05, 3.63) is 48.6 Å². The summed E-state index contributed by atoms with van der Waals surface area (Å²) in [6.07, 6.45) is 35.9. The molecule has 0 fully saturated rings. The van der Waals surface area contributed by atoms with Gasteiger partial charge in [0.25, 0.3) is 0 Å². The van der Waals surface area contributed by atoms with E-state index in [0.717, 1.165) is 70.6 Å². The number of aliphatic hydroxyl groups is 1. The Kier molecular flexibility index (Phi) is 30.5. The zero-order chi connectivity index (χ0) is 34.8. The molecule has 9 heteroatoms. The third-order valence-electron chi connectivity index (χ3n) is 7.57. The number of hydrogen-bond acceptors (Lipinski definition) is 6. The molecule has 268 valence electrons. The molecule has 0 spiro atoms. The van der Waals surface area contributed by atoms with Gasteiger partial charge >= 0.3 is 11.9 Å². The van der Waals surface area contributed by atoms with E-state index in [1.807, 2.05) is 6.08 Å². The molecular weight excluding hydrogens is 596 g/mol. The second kappa shape index (κ2) is 32.7. The number of rotatable bonds is 31. The van der Waals surface area contributed by atoms with E-state index in [2.05, 4.69) is 67.0 Å². The topological polar surface area (TPSA) is 142 Å². The van der Waals surface area contributed by atoms with Gasteiger partial charge in [-0.25, -0.2) is 4.79 Å². The van der Waals surface area contributed by atoms with Crippen molar-refractivity contribution in [3.63, 3.8) is 0 Å². The number of allylic oxidation sites excluding steroid dienone is 7. The SMILES string of the molecule is CC/C=C\C/C=C\C/C=C\C/C=C\C(CCCCCCCC(=O)NCC(=O)NC(CO)C(=O)O)OC(=O)CCCCCCCCCC. The normalized spacial score (nSPS) is 13.1. The summed E-state index contributed by atoms with van der Waals surface area (Å²) in [6, 6.07) is -1.39. The molecule has 0 aromatic rings. The van der Waals surface area contributed by atoms with E-state index in [4.69, 9.17) is 14.9 Å². The fraction of sp³-hybridized carbons (Fsp3) is 0.684. The van der Waals surface area contributed by atoms with Gasteiger partial charge < -0.3 is 25.6 Å². The number of ether oxygens (including phenoxy) is 1. The third kappa shape index (κ3) is 29.9. The number of carbonyl (C=O) groups is 4. The summed E-state index contributed by atoms with van der Waals surface area (Å²) < 4.78 is 5.85. The Hall–Kier alpha value is -3.20. The molecular formula is C38H64N2O7. The minimum absolute atomic E-state index is 0.127. The van der Waals surface area contributed by atoms with Crippen molar-refractivity contribution in [1.29, 1.82) is 0 Å². The molecule has 9 nitrogen and oxygen atoms in total. The second-order valence-electron chi connectivity index (χ2n) is 11.9. The molecule has 2 amide bonds. The van der Waals surface area contributed by atoms with Gasteiger partial charge in [0.1, 0.15) is 12.1 Å². The quantitative estimate of drug-likeness (QED) is 0.0340. The predicted octanol–water partition coefficient (Wildman–Crippen LogP) is 7.64. The first-order chi connectivity index (χ1) is 22.8. The number of aliphatic carboxylic acids is 1. The molecule has 0 bridgehead atoms. The van der Waals surface area contributed by atoms with Crippen LogP contribution in [0.3, 0.4) is 0 Å². The lowest BCUT2D eigenvalue weighted by atomic mass is 10.1. The van der Waals surface area contributed by atoms with Crippen LogP contribution in [0.5, 0.6) is 0 Å². The molecule has 0 rings (SSSR count). The highest BCUT2D eigenvalue weighted by atomic mass is 16.5. The van der Waals surface area contributed by atoms with Crippen LogP contribution in [0, 0.1) is 0 Å². The van der Waals surface area contributed by atoms with E-state index < -0.39 is 24.5 Å². The van der Waals surface area contributed by atoms with Crippen molar-refractivity contribution in [2.24, 2.45) is 0 Å². The number of carboxylic acid groups (broad SMARTS) is 1. The van der Waals surface area contributed by atoms with Gasteiger partial charge in [0.05, 0.1) is 13.2 Å². The standard InChI is InChI=1S/C38H64N2O7/c1-3-5-7-9-11-13-14-15-16-19-23-27-33(47-37(44)30-26-22-17-12-10-8-6-4-2)28-24-20-18-21-25-29-35(42)39-31-36(43)40-34(32-41)38(45)46/h5,7,11,13,15-16,23,27,33-34,41H,3-4,6,8-10,12,14,17-22,24-26,28-32H2,1-2H3,(H,39,42)(H,40,43)(H,45,46)/b7-5-,13-11-,16-15-,27-23-. The van der Waals surface area contributed by atoms with Gasteiger partial charge in [0, 0.05) is 12.8 Å². The summed E-state index contributed by atoms with van der Waals surface area (Å²) in [5.41, 5.74) is 0. The number of carboxylic acids is 1. The minimum atomic E-state index is -1.39. The fourth-order valence-corrected chi connectivity index (χ4v) is 4.80. The number of esters is 1. The predicted molar refractivity (Wildman–Crippen MR) is 190 cm³/mol. The number of hydrogen-bond donors (Lipinski definition) is 4. The highest BCUT2D eigenvalue weighted by Gasteiger charge is 2.18. The zero-order valence-corrected chi connectivity index (χ0v) is 29.3. The molecule has 0 aromatic heterocycles. The monoisotopic (exact) mass is 660 g/mol. The molecule has 0 aliphatic rings. The van der Waals surface area contributed by atoms with Crippen molar-refractivity contribution < 1.29 is 34.1 Å². The third-order valence-corrected chi connectivity index (χ3v) is 7.57. The number of amides is 2. The Morgan fingerprint density at radius 3 is 1.77 bits per heavy atom. The van der Waals surface area contributed by atoms with Crippen molar-refractivity contribution in [2.75, 3.05) is 13.2 Å². The van der Waals surface area contributed by atoms with Crippen molar-refractivity contribution in [2.45, 2.75) is 154 Å². The number of unbranched alkanes of at least 4 members (excludes halogenated alkanes) is 11. The van der Waals surface area contributed by atoms with Crippen LogP contribution in [0.2, 0.25) is 0 Å². The van der Waals surface area contributed by atoms with Crippen LogP contribution in [0.25, 0.3) is 0 Å². The van der Waals surface area contributed by atoms with Crippen LogP contribution >= 0.6 is 0 Å². The van der Waals surface area contributed by atoms with Crippen LogP contribution in [0.15, 0.2) is 48.6 Å². The van der Waals surface area contributed by atoms with Crippen LogP contribution < -0.4 is 10.6 Å². The van der Waals surface area contributed by atoms with E-state index in [1.54, 1.807) is 0 Å². The first kappa shape index (κ1) is 43.8. The van der Waals surface area contributed by atoms with Gasteiger partial charge in [-0.15, -0.1) is 0 Å². The Morgan fingerprint density at radius 1 is 0.660 bits per heavy atom. The molecule has 0 saturated heterocycles. The van der Waals surface area contributed by atoms with Gasteiger partial charge in [0.15, 0.2) is 0 Å². The molecule has 0 saturated carbocycles. The lowest BCUT2D eigenvalue weighted by molar-refractivity contribution is -0.147.